The molecule has 130 valence electrons. The molecule has 26 heavy (non-hydrogen) atoms. The molecule has 0 unspecified atom stereocenters. The molecule has 0 aliphatic carbocycles. The maximum absolute atomic E-state index is 11.9. The highest BCUT2D eigenvalue weighted by Crippen LogP contribution is 2.52. The summed E-state index contributed by atoms with van der Waals surface area (Å²) in [5.41, 5.74) is 1.55. The number of methoxy groups -OCH3 is 1. The number of carbonyl (C=O) groups is 1. The fraction of sp³-hybridized carbons (Fsp3) is 0.0952. The quantitative estimate of drug-likeness (QED) is 0.728. The SMILES string of the molecule is COC(=O)c1ccc2c(c1O)OC(c1ccccc1)(c1ccccc1)O2. The highest BCUT2D eigenvalue weighted by molar-refractivity contribution is 5.94. The van der Waals surface area contributed by atoms with Crippen LogP contribution in [0.15, 0.2) is 72.8 Å². The number of esters is 1. The van der Waals surface area contributed by atoms with Gasteiger partial charge in [0.25, 0.3) is 0 Å². The summed E-state index contributed by atoms with van der Waals surface area (Å²) in [6, 6.07) is 21.9. The average molecular weight is 348 g/mol. The first-order valence-corrected chi connectivity index (χ1v) is 8.09. The third-order valence-electron chi connectivity index (χ3n) is 4.31. The summed E-state index contributed by atoms with van der Waals surface area (Å²) in [5.74, 6) is -1.74. The lowest BCUT2D eigenvalue weighted by molar-refractivity contribution is -0.0467. The van der Waals surface area contributed by atoms with Gasteiger partial charge in [0.15, 0.2) is 11.5 Å². The lowest BCUT2D eigenvalue weighted by Gasteiger charge is -2.28. The van der Waals surface area contributed by atoms with E-state index in [1.54, 1.807) is 6.07 Å². The van der Waals surface area contributed by atoms with Crippen LogP contribution in [-0.4, -0.2) is 18.2 Å². The minimum absolute atomic E-state index is 0.0202. The summed E-state index contributed by atoms with van der Waals surface area (Å²) in [4.78, 5) is 11.9. The van der Waals surface area contributed by atoms with E-state index in [1.165, 1.54) is 13.2 Å². The smallest absolute Gasteiger partial charge is 0.341 e. The van der Waals surface area contributed by atoms with Crippen LogP contribution >= 0.6 is 0 Å². The zero-order valence-corrected chi connectivity index (χ0v) is 14.0. The Labute approximate surface area is 150 Å². The van der Waals surface area contributed by atoms with Crippen molar-refractivity contribution >= 4 is 5.97 Å². The molecule has 1 aliphatic rings. The molecule has 5 nitrogen and oxygen atoms in total. The molecule has 1 N–H and O–H groups in total. The van der Waals surface area contributed by atoms with Crippen molar-refractivity contribution in [3.05, 3.63) is 89.5 Å². The fourth-order valence-electron chi connectivity index (χ4n) is 3.04. The zero-order valence-electron chi connectivity index (χ0n) is 14.0. The summed E-state index contributed by atoms with van der Waals surface area (Å²) >= 11 is 0. The Morgan fingerprint density at radius 1 is 0.885 bits per heavy atom. The molecule has 4 rings (SSSR count). The van der Waals surface area contributed by atoms with E-state index in [2.05, 4.69) is 0 Å². The van der Waals surface area contributed by atoms with Gasteiger partial charge in [-0.3, -0.25) is 0 Å². The number of fused-ring (bicyclic) bond motifs is 1. The second-order valence-corrected chi connectivity index (χ2v) is 5.83. The summed E-state index contributed by atoms with van der Waals surface area (Å²) < 4.78 is 17.0. The number of carbonyl (C=O) groups excluding carboxylic acids is 1. The Morgan fingerprint density at radius 2 is 1.46 bits per heavy atom. The molecule has 0 amide bonds. The molecule has 0 saturated carbocycles. The van der Waals surface area contributed by atoms with Gasteiger partial charge in [-0.25, -0.2) is 4.79 Å². The molecule has 3 aromatic carbocycles. The first kappa shape index (κ1) is 16.0. The van der Waals surface area contributed by atoms with E-state index in [9.17, 15) is 9.90 Å². The van der Waals surface area contributed by atoms with Crippen LogP contribution in [0.1, 0.15) is 21.5 Å². The lowest BCUT2D eigenvalue weighted by Crippen LogP contribution is -2.36. The van der Waals surface area contributed by atoms with Crippen molar-refractivity contribution in [2.75, 3.05) is 7.11 Å². The van der Waals surface area contributed by atoms with E-state index in [1.807, 2.05) is 60.7 Å². The molecule has 0 radical (unpaired) electrons. The Morgan fingerprint density at radius 3 is 2.00 bits per heavy atom. The summed E-state index contributed by atoms with van der Waals surface area (Å²) in [6.45, 7) is 0. The van der Waals surface area contributed by atoms with Crippen LogP contribution in [0.3, 0.4) is 0 Å². The molecular formula is C21H16O5. The zero-order chi connectivity index (χ0) is 18.1. The van der Waals surface area contributed by atoms with E-state index >= 15 is 0 Å². The Balaban J connectivity index is 1.88. The van der Waals surface area contributed by atoms with Gasteiger partial charge in [-0.15, -0.1) is 0 Å². The van der Waals surface area contributed by atoms with Gasteiger partial charge in [0.2, 0.25) is 5.75 Å². The van der Waals surface area contributed by atoms with Gasteiger partial charge in [0.1, 0.15) is 5.56 Å². The summed E-state index contributed by atoms with van der Waals surface area (Å²) in [5, 5.41) is 10.5. The standard InChI is InChI=1S/C21H16O5/c1-24-20(23)16-12-13-17-19(18(16)22)26-21(25-17,14-8-4-2-5-9-14)15-10-6-3-7-11-15/h2-13,22H,1H3. The van der Waals surface area contributed by atoms with Gasteiger partial charge in [0.05, 0.1) is 7.11 Å². The largest absolute Gasteiger partial charge is 0.504 e. The van der Waals surface area contributed by atoms with Gasteiger partial charge in [0, 0.05) is 11.1 Å². The molecule has 0 bridgehead atoms. The maximum Gasteiger partial charge on any atom is 0.341 e. The molecule has 0 aromatic heterocycles. The van der Waals surface area contributed by atoms with Crippen LogP contribution in [-0.2, 0) is 10.5 Å². The van der Waals surface area contributed by atoms with Gasteiger partial charge in [-0.1, -0.05) is 60.7 Å². The third kappa shape index (κ3) is 2.37. The maximum atomic E-state index is 11.9. The molecule has 5 heteroatoms. The Hall–Kier alpha value is -3.47. The molecule has 0 spiro atoms. The summed E-state index contributed by atoms with van der Waals surface area (Å²) in [6.07, 6.45) is 0. The molecule has 1 aliphatic heterocycles. The van der Waals surface area contributed by atoms with Crippen molar-refractivity contribution < 1.29 is 24.1 Å². The second-order valence-electron chi connectivity index (χ2n) is 5.83. The number of hydrogen-bond acceptors (Lipinski definition) is 5. The van der Waals surface area contributed by atoms with Gasteiger partial charge < -0.3 is 19.3 Å². The van der Waals surface area contributed by atoms with Crippen molar-refractivity contribution in [2.45, 2.75) is 5.79 Å². The molecule has 1 heterocycles. The van der Waals surface area contributed by atoms with E-state index in [0.717, 1.165) is 11.1 Å². The highest BCUT2D eigenvalue weighted by Gasteiger charge is 2.47. The topological polar surface area (TPSA) is 65.0 Å². The van der Waals surface area contributed by atoms with E-state index in [4.69, 9.17) is 14.2 Å². The van der Waals surface area contributed by atoms with E-state index in [-0.39, 0.29) is 17.1 Å². The van der Waals surface area contributed by atoms with E-state index < -0.39 is 11.8 Å². The van der Waals surface area contributed by atoms with Crippen LogP contribution in [0.5, 0.6) is 17.2 Å². The average Bonchev–Trinajstić information content (AvgIpc) is 3.11. The third-order valence-corrected chi connectivity index (χ3v) is 4.31. The minimum atomic E-state index is -1.25. The Bertz CT molecular complexity index is 911. The highest BCUT2D eigenvalue weighted by atomic mass is 16.7. The number of ether oxygens (including phenoxy) is 3. The van der Waals surface area contributed by atoms with Crippen LogP contribution in [0.4, 0.5) is 0 Å². The van der Waals surface area contributed by atoms with Gasteiger partial charge >= 0.3 is 11.8 Å². The predicted molar refractivity (Wildman–Crippen MR) is 94.4 cm³/mol. The minimum Gasteiger partial charge on any atom is -0.504 e. The van der Waals surface area contributed by atoms with Crippen LogP contribution in [0.2, 0.25) is 0 Å². The van der Waals surface area contributed by atoms with Crippen molar-refractivity contribution in [3.8, 4) is 17.2 Å². The molecule has 0 atom stereocenters. The molecular weight excluding hydrogens is 332 g/mol. The van der Waals surface area contributed by atoms with Gasteiger partial charge in [-0.2, -0.15) is 0 Å². The Kier molecular flexibility index (Phi) is 3.77. The van der Waals surface area contributed by atoms with Gasteiger partial charge in [-0.05, 0) is 12.1 Å². The number of phenolic OH excluding ortho intramolecular Hbond substituents is 1. The van der Waals surface area contributed by atoms with Crippen LogP contribution in [0.25, 0.3) is 0 Å². The van der Waals surface area contributed by atoms with Crippen LogP contribution in [0, 0.1) is 0 Å². The molecule has 3 aromatic rings. The van der Waals surface area contributed by atoms with Crippen molar-refractivity contribution in [3.63, 3.8) is 0 Å². The first-order valence-electron chi connectivity index (χ1n) is 8.09. The second kappa shape index (κ2) is 6.11. The number of hydrogen-bond donors (Lipinski definition) is 1. The number of rotatable bonds is 3. The molecule has 0 fully saturated rings. The number of aromatic hydroxyl groups is 1. The van der Waals surface area contributed by atoms with Crippen LogP contribution < -0.4 is 9.47 Å². The first-order chi connectivity index (χ1) is 12.7. The number of benzene rings is 3. The van der Waals surface area contributed by atoms with Crippen molar-refractivity contribution in [1.29, 1.82) is 0 Å². The van der Waals surface area contributed by atoms with Crippen molar-refractivity contribution in [1.82, 2.24) is 0 Å². The lowest BCUT2D eigenvalue weighted by atomic mass is 9.97. The normalized spacial score (nSPS) is 14.0. The predicted octanol–water partition coefficient (Wildman–Crippen LogP) is 3.85. The fourth-order valence-corrected chi connectivity index (χ4v) is 3.04. The van der Waals surface area contributed by atoms with Crippen molar-refractivity contribution in [2.24, 2.45) is 0 Å². The van der Waals surface area contributed by atoms with E-state index in [0.29, 0.717) is 5.75 Å². The monoisotopic (exact) mass is 348 g/mol. The number of phenols is 1. The molecule has 0 saturated heterocycles. The summed E-state index contributed by atoms with van der Waals surface area (Å²) in [7, 11) is 1.25.